The normalized spacial score (nSPS) is 30.8. The number of nitrogens with one attached hydrogen (secondary N) is 3. The summed E-state index contributed by atoms with van der Waals surface area (Å²) >= 11 is 1.60. The summed E-state index contributed by atoms with van der Waals surface area (Å²) in [4.78, 5) is 25.6. The number of urea groups is 1. The van der Waals surface area contributed by atoms with Crippen LogP contribution in [0.1, 0.15) is 44.9 Å². The molecule has 27 heavy (non-hydrogen) atoms. The average Bonchev–Trinajstić information content (AvgIpc) is 2.60. The van der Waals surface area contributed by atoms with Gasteiger partial charge in [-0.3, -0.25) is 4.79 Å². The summed E-state index contributed by atoms with van der Waals surface area (Å²) in [6.07, 6.45) is 9.76. The molecular weight excluding hydrogens is 358 g/mol. The van der Waals surface area contributed by atoms with E-state index in [-0.39, 0.29) is 23.9 Å². The lowest BCUT2D eigenvalue weighted by atomic mass is 9.53. The Balaban J connectivity index is 1.22. The van der Waals surface area contributed by atoms with Crippen molar-refractivity contribution in [3.8, 4) is 0 Å². The largest absolute Gasteiger partial charge is 0.338 e. The highest BCUT2D eigenvalue weighted by Gasteiger charge is 2.51. The van der Waals surface area contributed by atoms with E-state index in [1.165, 1.54) is 19.3 Å². The second kappa shape index (κ2) is 7.74. The van der Waals surface area contributed by atoms with Crippen molar-refractivity contribution >= 4 is 29.4 Å². The van der Waals surface area contributed by atoms with Gasteiger partial charge in [-0.15, -0.1) is 11.8 Å². The third-order valence-electron chi connectivity index (χ3n) is 6.44. The number of rotatable bonds is 6. The molecule has 0 radical (unpaired) electrons. The minimum absolute atomic E-state index is 0.0123. The van der Waals surface area contributed by atoms with Crippen LogP contribution in [0.15, 0.2) is 29.2 Å². The first-order valence-corrected chi connectivity index (χ1v) is 11.3. The van der Waals surface area contributed by atoms with E-state index in [9.17, 15) is 9.59 Å². The first-order valence-electron chi connectivity index (χ1n) is 10.0. The fraction of sp³-hybridized carbons (Fsp3) is 0.619. The fourth-order valence-corrected chi connectivity index (χ4v) is 6.35. The summed E-state index contributed by atoms with van der Waals surface area (Å²) in [6, 6.07) is 7.63. The summed E-state index contributed by atoms with van der Waals surface area (Å²) in [5, 5.41) is 9.10. The van der Waals surface area contributed by atoms with Crippen molar-refractivity contribution < 1.29 is 9.59 Å². The molecule has 0 unspecified atom stereocenters. The summed E-state index contributed by atoms with van der Waals surface area (Å²) < 4.78 is 0. The number of amides is 3. The van der Waals surface area contributed by atoms with Crippen LogP contribution in [0, 0.1) is 17.8 Å². The molecule has 146 valence electrons. The van der Waals surface area contributed by atoms with Crippen LogP contribution < -0.4 is 16.0 Å². The number of anilines is 1. The highest BCUT2D eigenvalue weighted by Crippen LogP contribution is 2.55. The van der Waals surface area contributed by atoms with E-state index in [1.54, 1.807) is 11.8 Å². The predicted molar refractivity (Wildman–Crippen MR) is 109 cm³/mol. The van der Waals surface area contributed by atoms with Crippen LogP contribution in [0.2, 0.25) is 0 Å². The molecule has 4 bridgehead atoms. The smallest absolute Gasteiger partial charge is 0.315 e. The van der Waals surface area contributed by atoms with Crippen molar-refractivity contribution in [2.24, 2.45) is 17.8 Å². The molecule has 0 aromatic heterocycles. The van der Waals surface area contributed by atoms with Crippen LogP contribution in [-0.4, -0.2) is 30.3 Å². The Morgan fingerprint density at radius 2 is 1.70 bits per heavy atom. The van der Waals surface area contributed by atoms with Gasteiger partial charge in [-0.2, -0.15) is 0 Å². The molecule has 4 aliphatic carbocycles. The maximum absolute atomic E-state index is 12.4. The van der Waals surface area contributed by atoms with Crippen molar-refractivity contribution in [2.75, 3.05) is 18.1 Å². The lowest BCUT2D eigenvalue weighted by Gasteiger charge is -2.56. The molecule has 3 N–H and O–H groups in total. The van der Waals surface area contributed by atoms with Crippen molar-refractivity contribution in [3.63, 3.8) is 0 Å². The highest BCUT2D eigenvalue weighted by molar-refractivity contribution is 7.98. The maximum atomic E-state index is 12.4. The topological polar surface area (TPSA) is 70.2 Å². The molecule has 5 rings (SSSR count). The lowest BCUT2D eigenvalue weighted by Crippen LogP contribution is -2.61. The van der Waals surface area contributed by atoms with Gasteiger partial charge in [0.25, 0.3) is 0 Å². The number of para-hydroxylation sites is 1. The zero-order valence-corrected chi connectivity index (χ0v) is 16.7. The Labute approximate surface area is 165 Å². The SMILES string of the molecule is CSc1ccccc1NC(=O)CCNC(=O)NC12CC3CC(CC(C3)C1)C2. The quantitative estimate of drug-likeness (QED) is 0.646. The number of carbonyl (C=O) groups is 2. The third-order valence-corrected chi connectivity index (χ3v) is 7.23. The average molecular weight is 388 g/mol. The van der Waals surface area contributed by atoms with Crippen LogP contribution in [0.5, 0.6) is 0 Å². The maximum Gasteiger partial charge on any atom is 0.315 e. The van der Waals surface area contributed by atoms with Crippen LogP contribution in [-0.2, 0) is 4.79 Å². The molecule has 0 spiro atoms. The minimum atomic E-state index is -0.116. The van der Waals surface area contributed by atoms with Gasteiger partial charge in [0.2, 0.25) is 5.91 Å². The first kappa shape index (κ1) is 18.7. The van der Waals surface area contributed by atoms with Gasteiger partial charge in [0, 0.05) is 23.4 Å². The van der Waals surface area contributed by atoms with Gasteiger partial charge < -0.3 is 16.0 Å². The molecule has 4 fully saturated rings. The van der Waals surface area contributed by atoms with E-state index in [1.807, 2.05) is 30.5 Å². The first-order chi connectivity index (χ1) is 13.0. The van der Waals surface area contributed by atoms with Crippen molar-refractivity contribution in [3.05, 3.63) is 24.3 Å². The fourth-order valence-electron chi connectivity index (χ4n) is 5.80. The van der Waals surface area contributed by atoms with E-state index in [4.69, 9.17) is 0 Å². The molecule has 4 saturated carbocycles. The van der Waals surface area contributed by atoms with Gasteiger partial charge in [0.05, 0.1) is 5.69 Å². The van der Waals surface area contributed by atoms with Crippen molar-refractivity contribution in [1.82, 2.24) is 10.6 Å². The highest BCUT2D eigenvalue weighted by atomic mass is 32.2. The summed E-state index contributed by atoms with van der Waals surface area (Å²) in [5.41, 5.74) is 0.839. The Morgan fingerprint density at radius 1 is 1.07 bits per heavy atom. The Hall–Kier alpha value is -1.69. The Bertz CT molecular complexity index is 686. The zero-order chi connectivity index (χ0) is 18.9. The van der Waals surface area contributed by atoms with Crippen molar-refractivity contribution in [1.29, 1.82) is 0 Å². The third kappa shape index (κ3) is 4.26. The molecule has 0 aliphatic heterocycles. The number of hydrogen-bond acceptors (Lipinski definition) is 3. The van der Waals surface area contributed by atoms with E-state index in [0.29, 0.717) is 6.54 Å². The van der Waals surface area contributed by atoms with Crippen LogP contribution in [0.25, 0.3) is 0 Å². The van der Waals surface area contributed by atoms with E-state index >= 15 is 0 Å². The molecule has 3 amide bonds. The van der Waals surface area contributed by atoms with Gasteiger partial charge >= 0.3 is 6.03 Å². The van der Waals surface area contributed by atoms with Gasteiger partial charge in [-0.25, -0.2) is 4.79 Å². The molecular formula is C21H29N3O2S. The monoisotopic (exact) mass is 387 g/mol. The second-order valence-electron chi connectivity index (χ2n) is 8.58. The van der Waals surface area contributed by atoms with Crippen LogP contribution in [0.4, 0.5) is 10.5 Å². The van der Waals surface area contributed by atoms with E-state index in [2.05, 4.69) is 16.0 Å². The molecule has 1 aromatic carbocycles. The molecule has 0 saturated heterocycles. The summed E-state index contributed by atoms with van der Waals surface area (Å²) in [7, 11) is 0. The molecule has 0 atom stereocenters. The van der Waals surface area contributed by atoms with Crippen molar-refractivity contribution in [2.45, 2.75) is 55.4 Å². The summed E-state index contributed by atoms with van der Waals surface area (Å²) in [5.74, 6) is 2.34. The minimum Gasteiger partial charge on any atom is -0.338 e. The van der Waals surface area contributed by atoms with Crippen LogP contribution in [0.3, 0.4) is 0 Å². The van der Waals surface area contributed by atoms with E-state index in [0.717, 1.165) is 47.6 Å². The number of thioether (sulfide) groups is 1. The number of carbonyl (C=O) groups excluding carboxylic acids is 2. The lowest BCUT2D eigenvalue weighted by molar-refractivity contribution is -0.116. The second-order valence-corrected chi connectivity index (χ2v) is 9.43. The Morgan fingerprint density at radius 3 is 2.33 bits per heavy atom. The van der Waals surface area contributed by atoms with Gasteiger partial charge in [0.1, 0.15) is 0 Å². The molecule has 0 heterocycles. The zero-order valence-electron chi connectivity index (χ0n) is 15.9. The molecule has 6 heteroatoms. The molecule has 4 aliphatic rings. The number of benzene rings is 1. The Kier molecular flexibility index (Phi) is 5.35. The van der Waals surface area contributed by atoms with Crippen LogP contribution >= 0.6 is 11.8 Å². The molecule has 1 aromatic rings. The number of hydrogen-bond donors (Lipinski definition) is 3. The van der Waals surface area contributed by atoms with Gasteiger partial charge in [-0.1, -0.05) is 12.1 Å². The van der Waals surface area contributed by atoms with E-state index < -0.39 is 0 Å². The van der Waals surface area contributed by atoms with Gasteiger partial charge in [-0.05, 0) is 74.7 Å². The van der Waals surface area contributed by atoms with Gasteiger partial charge in [0.15, 0.2) is 0 Å². The molecule has 5 nitrogen and oxygen atoms in total. The summed E-state index contributed by atoms with van der Waals surface area (Å²) in [6.45, 7) is 0.353. The predicted octanol–water partition coefficient (Wildman–Crippen LogP) is 4.01. The standard InChI is InChI=1S/C21H29N3O2S/c1-27-18-5-3-2-4-17(18)23-19(25)6-7-22-20(26)24-21-11-14-8-15(12-21)10-16(9-14)13-21/h2-5,14-16H,6-13H2,1H3,(H,23,25)(H2,22,24,26).